The zero-order valence-corrected chi connectivity index (χ0v) is 18.7. The minimum absolute atomic E-state index is 0.0558. The maximum Gasteiger partial charge on any atom is 0.188 e. The van der Waals surface area contributed by atoms with E-state index in [1.54, 1.807) is 11.3 Å². The molecule has 8 heteroatoms. The molecule has 0 spiro atoms. The van der Waals surface area contributed by atoms with Gasteiger partial charge in [-0.3, -0.25) is 4.90 Å². The first-order chi connectivity index (χ1) is 14.5. The van der Waals surface area contributed by atoms with E-state index in [-0.39, 0.29) is 6.10 Å². The van der Waals surface area contributed by atoms with E-state index >= 15 is 0 Å². The van der Waals surface area contributed by atoms with Gasteiger partial charge in [0.1, 0.15) is 17.7 Å². The Balaban J connectivity index is 1.46. The molecule has 30 heavy (non-hydrogen) atoms. The van der Waals surface area contributed by atoms with Crippen LogP contribution in [0.2, 0.25) is 0 Å². The molecular weight excluding hydrogens is 396 g/mol. The highest BCUT2D eigenvalue weighted by atomic mass is 32.1. The van der Waals surface area contributed by atoms with Crippen LogP contribution >= 0.6 is 11.3 Å². The number of ether oxygens (including phenoxy) is 1. The van der Waals surface area contributed by atoms with Crippen molar-refractivity contribution >= 4 is 28.1 Å². The Hall–Kier alpha value is -2.55. The van der Waals surface area contributed by atoms with Crippen LogP contribution in [0, 0.1) is 13.8 Å². The van der Waals surface area contributed by atoms with Crippen LogP contribution in [0.1, 0.15) is 27.9 Å². The van der Waals surface area contributed by atoms with Gasteiger partial charge in [0, 0.05) is 50.4 Å². The van der Waals surface area contributed by atoms with Gasteiger partial charge in [-0.15, -0.1) is 11.3 Å². The lowest BCUT2D eigenvalue weighted by Gasteiger charge is -2.33. The van der Waals surface area contributed by atoms with Crippen LogP contribution in [-0.4, -0.2) is 53.6 Å². The maximum atomic E-state index is 6.07. The fourth-order valence-corrected chi connectivity index (χ4v) is 4.38. The van der Waals surface area contributed by atoms with Crippen molar-refractivity contribution in [1.29, 1.82) is 0 Å². The summed E-state index contributed by atoms with van der Waals surface area (Å²) in [6.45, 7) is 7.33. The van der Waals surface area contributed by atoms with Gasteiger partial charge in [0.05, 0.1) is 18.0 Å². The summed E-state index contributed by atoms with van der Waals surface area (Å²) in [5, 5.41) is 4.20. The molecule has 1 saturated heterocycles. The normalized spacial score (nSPS) is 17.1. The van der Waals surface area contributed by atoms with Crippen molar-refractivity contribution < 1.29 is 4.74 Å². The van der Waals surface area contributed by atoms with Crippen molar-refractivity contribution in [1.82, 2.24) is 19.9 Å². The molecule has 3 aromatic rings. The molecule has 0 saturated carbocycles. The number of aryl methyl sites for hydroxylation is 2. The van der Waals surface area contributed by atoms with Crippen molar-refractivity contribution in [2.75, 3.05) is 44.0 Å². The lowest BCUT2D eigenvalue weighted by Crippen LogP contribution is -2.38. The zero-order valence-electron chi connectivity index (χ0n) is 17.9. The molecule has 1 unspecified atom stereocenters. The molecule has 4 rings (SSSR count). The number of pyridine rings is 2. The minimum atomic E-state index is -0.0558. The summed E-state index contributed by atoms with van der Waals surface area (Å²) in [6.07, 6.45) is 1.79. The Labute approximate surface area is 181 Å². The molecule has 1 atom stereocenters. The lowest BCUT2D eigenvalue weighted by atomic mass is 10.1. The Morgan fingerprint density at radius 2 is 2.07 bits per heavy atom. The van der Waals surface area contributed by atoms with Crippen LogP contribution < -0.4 is 10.2 Å². The standard InChI is InChI=1S/C22H28N6OS/c1-15-16(2)30-22(24-15)26-20-9-5-8-18(25-20)19-14-28(11-12-29-19)13-17-7-6-10-23-21(17)27(3)4/h5-10,19H,11-14H2,1-4H3,(H,24,25,26). The van der Waals surface area contributed by atoms with Crippen molar-refractivity contribution in [2.24, 2.45) is 0 Å². The van der Waals surface area contributed by atoms with Crippen LogP contribution in [0.5, 0.6) is 0 Å². The van der Waals surface area contributed by atoms with Gasteiger partial charge in [0.2, 0.25) is 0 Å². The van der Waals surface area contributed by atoms with E-state index in [0.717, 1.165) is 47.8 Å². The molecule has 0 aliphatic carbocycles. The summed E-state index contributed by atoms with van der Waals surface area (Å²) in [5.74, 6) is 1.81. The van der Waals surface area contributed by atoms with E-state index in [9.17, 15) is 0 Å². The number of nitrogens with one attached hydrogen (secondary N) is 1. The van der Waals surface area contributed by atoms with Crippen LogP contribution in [0.4, 0.5) is 16.8 Å². The predicted octanol–water partition coefficient (Wildman–Crippen LogP) is 3.93. The van der Waals surface area contributed by atoms with Gasteiger partial charge in [0.25, 0.3) is 0 Å². The number of aromatic nitrogens is 3. The number of hydrogen-bond donors (Lipinski definition) is 1. The Morgan fingerprint density at radius 1 is 1.20 bits per heavy atom. The lowest BCUT2D eigenvalue weighted by molar-refractivity contribution is -0.0349. The molecule has 1 aliphatic rings. The van der Waals surface area contributed by atoms with Crippen LogP contribution in [0.15, 0.2) is 36.5 Å². The first kappa shape index (κ1) is 20.7. The van der Waals surface area contributed by atoms with Crippen molar-refractivity contribution in [3.63, 3.8) is 0 Å². The summed E-state index contributed by atoms with van der Waals surface area (Å²) in [6, 6.07) is 10.2. The fourth-order valence-electron chi connectivity index (χ4n) is 3.56. The summed E-state index contributed by atoms with van der Waals surface area (Å²) in [4.78, 5) is 19.6. The van der Waals surface area contributed by atoms with E-state index < -0.39 is 0 Å². The van der Waals surface area contributed by atoms with Crippen molar-refractivity contribution in [3.05, 3.63) is 58.4 Å². The van der Waals surface area contributed by atoms with Gasteiger partial charge in [-0.25, -0.2) is 15.0 Å². The monoisotopic (exact) mass is 424 g/mol. The molecule has 7 nitrogen and oxygen atoms in total. The number of anilines is 3. The van der Waals surface area contributed by atoms with E-state index in [1.165, 1.54) is 10.4 Å². The van der Waals surface area contributed by atoms with Crippen molar-refractivity contribution in [2.45, 2.75) is 26.5 Å². The Bertz CT molecular complexity index is 985. The quantitative estimate of drug-likeness (QED) is 0.643. The van der Waals surface area contributed by atoms with Crippen LogP contribution in [-0.2, 0) is 11.3 Å². The average Bonchev–Trinajstić information content (AvgIpc) is 3.05. The summed E-state index contributed by atoms with van der Waals surface area (Å²) in [7, 11) is 4.06. The highest BCUT2D eigenvalue weighted by Gasteiger charge is 2.24. The van der Waals surface area contributed by atoms with E-state index in [4.69, 9.17) is 9.72 Å². The third kappa shape index (κ3) is 4.77. The molecule has 0 radical (unpaired) electrons. The highest BCUT2D eigenvalue weighted by Crippen LogP contribution is 2.27. The van der Waals surface area contributed by atoms with Gasteiger partial charge < -0.3 is 15.0 Å². The molecule has 4 heterocycles. The van der Waals surface area contributed by atoms with Crippen LogP contribution in [0.3, 0.4) is 0 Å². The first-order valence-electron chi connectivity index (χ1n) is 10.1. The summed E-state index contributed by atoms with van der Waals surface area (Å²) in [5.41, 5.74) is 3.21. The maximum absolute atomic E-state index is 6.07. The third-order valence-corrected chi connectivity index (χ3v) is 6.19. The number of nitrogens with zero attached hydrogens (tertiary/aromatic N) is 5. The molecular formula is C22H28N6OS. The van der Waals surface area contributed by atoms with E-state index in [0.29, 0.717) is 6.61 Å². The zero-order chi connectivity index (χ0) is 21.1. The highest BCUT2D eigenvalue weighted by molar-refractivity contribution is 7.15. The molecule has 0 amide bonds. The second-order valence-corrected chi connectivity index (χ2v) is 8.91. The molecule has 3 aromatic heterocycles. The smallest absolute Gasteiger partial charge is 0.188 e. The fraction of sp³-hybridized carbons (Fsp3) is 0.409. The number of hydrogen-bond acceptors (Lipinski definition) is 8. The predicted molar refractivity (Wildman–Crippen MR) is 122 cm³/mol. The van der Waals surface area contributed by atoms with Gasteiger partial charge in [0.15, 0.2) is 5.13 Å². The third-order valence-electron chi connectivity index (χ3n) is 5.20. The van der Waals surface area contributed by atoms with Gasteiger partial charge >= 0.3 is 0 Å². The van der Waals surface area contributed by atoms with E-state index in [2.05, 4.69) is 38.1 Å². The van der Waals surface area contributed by atoms with Gasteiger partial charge in [-0.2, -0.15) is 0 Å². The number of thiazole rings is 1. The summed E-state index contributed by atoms with van der Waals surface area (Å²) < 4.78 is 6.07. The Morgan fingerprint density at radius 3 is 2.83 bits per heavy atom. The molecule has 1 fully saturated rings. The number of rotatable bonds is 6. The largest absolute Gasteiger partial charge is 0.369 e. The van der Waals surface area contributed by atoms with Gasteiger partial charge in [-0.05, 0) is 32.0 Å². The molecule has 158 valence electrons. The average molecular weight is 425 g/mol. The SMILES string of the molecule is Cc1nc(Nc2cccc(C3CN(Cc4cccnc4N(C)C)CCO3)n2)sc1C. The molecule has 0 aromatic carbocycles. The summed E-state index contributed by atoms with van der Waals surface area (Å²) >= 11 is 1.64. The second kappa shape index (κ2) is 9.07. The van der Waals surface area contributed by atoms with E-state index in [1.807, 2.05) is 51.5 Å². The molecule has 1 N–H and O–H groups in total. The Kier molecular flexibility index (Phi) is 6.26. The van der Waals surface area contributed by atoms with Gasteiger partial charge in [-0.1, -0.05) is 12.1 Å². The topological polar surface area (TPSA) is 66.4 Å². The number of morpholine rings is 1. The molecule has 0 bridgehead atoms. The second-order valence-electron chi connectivity index (χ2n) is 7.71. The first-order valence-corrected chi connectivity index (χ1v) is 10.9. The van der Waals surface area contributed by atoms with Crippen molar-refractivity contribution in [3.8, 4) is 0 Å². The molecule has 1 aliphatic heterocycles. The van der Waals surface area contributed by atoms with Crippen LogP contribution in [0.25, 0.3) is 0 Å². The minimum Gasteiger partial charge on any atom is -0.369 e.